The Balaban J connectivity index is 2.62. The van der Waals surface area contributed by atoms with Crippen LogP contribution in [0.5, 0.6) is 0 Å². The van der Waals surface area contributed by atoms with Crippen molar-refractivity contribution in [1.29, 1.82) is 0 Å². The summed E-state index contributed by atoms with van der Waals surface area (Å²) in [6.07, 6.45) is 3.27. The number of carbonyl (C=O) groups excluding carboxylic acids is 1. The summed E-state index contributed by atoms with van der Waals surface area (Å²) in [4.78, 5) is 15.3. The molecule has 1 aromatic rings. The summed E-state index contributed by atoms with van der Waals surface area (Å²) in [6.45, 7) is 0.174. The maximum Gasteiger partial charge on any atom is 0.252 e. The number of aliphatic hydroxyl groups is 1. The third-order valence-electron chi connectivity index (χ3n) is 1.79. The van der Waals surface area contributed by atoms with E-state index in [1.54, 1.807) is 31.2 Å². The van der Waals surface area contributed by atoms with Gasteiger partial charge in [-0.1, -0.05) is 0 Å². The fourth-order valence-corrected chi connectivity index (χ4v) is 1.76. The van der Waals surface area contributed by atoms with E-state index >= 15 is 0 Å². The van der Waals surface area contributed by atoms with Gasteiger partial charge in [0.25, 0.3) is 5.91 Å². The minimum Gasteiger partial charge on any atom is -0.396 e. The highest BCUT2D eigenvalue weighted by Crippen LogP contribution is 2.11. The highest BCUT2D eigenvalue weighted by atomic mass is 32.2. The Hall–Kier alpha value is -1.07. The van der Waals surface area contributed by atoms with E-state index in [0.717, 1.165) is 11.3 Å². The van der Waals surface area contributed by atoms with Gasteiger partial charge in [-0.25, -0.2) is 0 Å². The quantitative estimate of drug-likeness (QED) is 0.724. The molecule has 0 saturated carbocycles. The third kappa shape index (κ3) is 3.89. The van der Waals surface area contributed by atoms with Crippen LogP contribution in [0.2, 0.25) is 0 Å². The minimum atomic E-state index is -0.128. The molecule has 0 fully saturated rings. The summed E-state index contributed by atoms with van der Waals surface area (Å²) in [6, 6.07) is 1.82. The van der Waals surface area contributed by atoms with E-state index in [4.69, 9.17) is 5.11 Å². The van der Waals surface area contributed by atoms with Crippen molar-refractivity contribution in [3.8, 4) is 0 Å². The van der Waals surface area contributed by atoms with E-state index in [0.29, 0.717) is 11.3 Å². The van der Waals surface area contributed by atoms with E-state index in [1.807, 2.05) is 6.07 Å². The highest BCUT2D eigenvalue weighted by Gasteiger charge is 2.04. The Morgan fingerprint density at radius 2 is 2.40 bits per heavy atom. The molecule has 5 heteroatoms. The van der Waals surface area contributed by atoms with Crippen molar-refractivity contribution >= 4 is 17.7 Å². The second kappa shape index (κ2) is 6.42. The van der Waals surface area contributed by atoms with E-state index < -0.39 is 0 Å². The van der Waals surface area contributed by atoms with E-state index in [1.165, 1.54) is 0 Å². The first-order chi connectivity index (χ1) is 7.27. The Morgan fingerprint density at radius 1 is 1.60 bits per heavy atom. The summed E-state index contributed by atoms with van der Waals surface area (Å²) in [7, 11) is 1.59. The van der Waals surface area contributed by atoms with Crippen molar-refractivity contribution in [1.82, 2.24) is 10.3 Å². The lowest BCUT2D eigenvalue weighted by atomic mass is 10.2. The minimum absolute atomic E-state index is 0.128. The lowest BCUT2D eigenvalue weighted by molar-refractivity contribution is 0.0962. The van der Waals surface area contributed by atoms with Crippen molar-refractivity contribution in [3.63, 3.8) is 0 Å². The third-order valence-corrected chi connectivity index (χ3v) is 2.80. The van der Waals surface area contributed by atoms with E-state index in [2.05, 4.69) is 10.3 Å². The normalized spacial score (nSPS) is 10.0. The zero-order valence-corrected chi connectivity index (χ0v) is 9.38. The van der Waals surface area contributed by atoms with E-state index in [9.17, 15) is 4.79 Å². The molecule has 1 rings (SSSR count). The van der Waals surface area contributed by atoms with Crippen LogP contribution in [0.3, 0.4) is 0 Å². The first-order valence-electron chi connectivity index (χ1n) is 4.62. The number of nitrogens with zero attached hydrogens (tertiary/aromatic N) is 1. The molecule has 0 aliphatic heterocycles. The van der Waals surface area contributed by atoms with Crippen LogP contribution < -0.4 is 5.32 Å². The molecule has 0 atom stereocenters. The molecule has 4 nitrogen and oxygen atoms in total. The smallest absolute Gasteiger partial charge is 0.252 e. The average molecular weight is 226 g/mol. The number of pyridine rings is 1. The van der Waals surface area contributed by atoms with Gasteiger partial charge in [-0.2, -0.15) is 11.8 Å². The van der Waals surface area contributed by atoms with Crippen LogP contribution in [0, 0.1) is 0 Å². The van der Waals surface area contributed by atoms with E-state index in [-0.39, 0.29) is 12.5 Å². The lowest BCUT2D eigenvalue weighted by Gasteiger charge is -2.03. The molecule has 0 bridgehead atoms. The maximum absolute atomic E-state index is 11.3. The fourth-order valence-electron chi connectivity index (χ4n) is 1.09. The van der Waals surface area contributed by atoms with Gasteiger partial charge in [0.1, 0.15) is 0 Å². The molecule has 15 heavy (non-hydrogen) atoms. The first-order valence-corrected chi connectivity index (χ1v) is 5.78. The number of amides is 1. The summed E-state index contributed by atoms with van der Waals surface area (Å²) < 4.78 is 0. The number of hydrogen-bond acceptors (Lipinski definition) is 4. The monoisotopic (exact) mass is 226 g/mol. The number of aromatic nitrogens is 1. The van der Waals surface area contributed by atoms with Gasteiger partial charge >= 0.3 is 0 Å². The summed E-state index contributed by atoms with van der Waals surface area (Å²) >= 11 is 1.61. The van der Waals surface area contributed by atoms with Crippen molar-refractivity contribution < 1.29 is 9.90 Å². The summed E-state index contributed by atoms with van der Waals surface area (Å²) in [5, 5.41) is 11.2. The predicted molar refractivity (Wildman–Crippen MR) is 60.9 cm³/mol. The topological polar surface area (TPSA) is 62.2 Å². The van der Waals surface area contributed by atoms with Gasteiger partial charge < -0.3 is 10.4 Å². The van der Waals surface area contributed by atoms with Gasteiger partial charge in [0.2, 0.25) is 0 Å². The van der Waals surface area contributed by atoms with Crippen LogP contribution in [0.4, 0.5) is 0 Å². The van der Waals surface area contributed by atoms with Crippen LogP contribution in [0.15, 0.2) is 18.5 Å². The van der Waals surface area contributed by atoms with Crippen LogP contribution >= 0.6 is 11.8 Å². The van der Waals surface area contributed by atoms with Gasteiger partial charge in [0, 0.05) is 30.9 Å². The number of nitrogens with one attached hydrogen (secondary N) is 1. The molecule has 0 spiro atoms. The molecule has 0 aliphatic rings. The largest absolute Gasteiger partial charge is 0.396 e. The molecule has 1 heterocycles. The Kier molecular flexibility index (Phi) is 5.14. The van der Waals surface area contributed by atoms with Crippen molar-refractivity contribution in [2.75, 3.05) is 19.4 Å². The first kappa shape index (κ1) is 12.0. The zero-order chi connectivity index (χ0) is 11.1. The fraction of sp³-hybridized carbons (Fsp3) is 0.400. The SMILES string of the molecule is CNC(=O)c1cncc(CSCCO)c1. The number of thioether (sulfide) groups is 1. The summed E-state index contributed by atoms with van der Waals surface area (Å²) in [5.41, 5.74) is 1.56. The molecule has 1 amide bonds. The lowest BCUT2D eigenvalue weighted by Crippen LogP contribution is -2.18. The Morgan fingerprint density at radius 3 is 3.07 bits per heavy atom. The highest BCUT2D eigenvalue weighted by molar-refractivity contribution is 7.98. The number of hydrogen-bond donors (Lipinski definition) is 2. The Bertz CT molecular complexity index is 331. The standard InChI is InChI=1S/C10H14N2O2S/c1-11-10(14)9-4-8(5-12-6-9)7-15-3-2-13/h4-6,13H,2-3,7H2,1H3,(H,11,14). The molecule has 0 aromatic carbocycles. The Labute approximate surface area is 93.1 Å². The second-order valence-corrected chi connectivity index (χ2v) is 4.04. The number of aliphatic hydroxyl groups excluding tert-OH is 1. The van der Waals surface area contributed by atoms with Crippen molar-refractivity contribution in [2.45, 2.75) is 5.75 Å². The predicted octanol–water partition coefficient (Wildman–Crippen LogP) is 0.667. The zero-order valence-electron chi connectivity index (χ0n) is 8.56. The van der Waals surface area contributed by atoms with Gasteiger partial charge in [-0.15, -0.1) is 0 Å². The van der Waals surface area contributed by atoms with Crippen LogP contribution in [-0.4, -0.2) is 35.4 Å². The van der Waals surface area contributed by atoms with Gasteiger partial charge in [0.15, 0.2) is 0 Å². The maximum atomic E-state index is 11.3. The van der Waals surface area contributed by atoms with Gasteiger partial charge in [-0.3, -0.25) is 9.78 Å². The molecule has 0 aliphatic carbocycles. The molecule has 0 unspecified atom stereocenters. The van der Waals surface area contributed by atoms with Crippen molar-refractivity contribution in [2.24, 2.45) is 0 Å². The molecule has 2 N–H and O–H groups in total. The molecular weight excluding hydrogens is 212 g/mol. The number of rotatable bonds is 5. The molecule has 1 aromatic heterocycles. The molecule has 0 saturated heterocycles. The second-order valence-electron chi connectivity index (χ2n) is 2.94. The van der Waals surface area contributed by atoms with Crippen LogP contribution in [0.25, 0.3) is 0 Å². The molecule has 0 radical (unpaired) electrons. The van der Waals surface area contributed by atoms with Crippen molar-refractivity contribution in [3.05, 3.63) is 29.6 Å². The van der Waals surface area contributed by atoms with Crippen LogP contribution in [0.1, 0.15) is 15.9 Å². The molecule has 82 valence electrons. The molecular formula is C10H14N2O2S. The summed E-state index contributed by atoms with van der Waals surface area (Å²) in [5.74, 6) is 1.33. The number of carbonyl (C=O) groups is 1. The van der Waals surface area contributed by atoms with Crippen LogP contribution in [-0.2, 0) is 5.75 Å². The average Bonchev–Trinajstić information content (AvgIpc) is 2.29. The van der Waals surface area contributed by atoms with Gasteiger partial charge in [-0.05, 0) is 11.6 Å². The van der Waals surface area contributed by atoms with Gasteiger partial charge in [0.05, 0.1) is 12.2 Å².